The largest absolute Gasteiger partial charge is 3.00 e. The minimum absolute atomic E-state index is 0. The molecule has 6 N–H and O–H groups in total. The van der Waals surface area contributed by atoms with Gasteiger partial charge in [0.1, 0.15) is 34.5 Å². The third-order valence-electron chi connectivity index (χ3n) is 9.03. The summed E-state index contributed by atoms with van der Waals surface area (Å²) in [5, 5.41) is 60.6. The molecule has 0 heterocycles. The molecule has 0 amide bonds. The van der Waals surface area contributed by atoms with Crippen LogP contribution >= 0.6 is 0 Å². The predicted octanol–water partition coefficient (Wildman–Crippen LogP) is 0.895. The van der Waals surface area contributed by atoms with Crippen molar-refractivity contribution >= 4 is 93.9 Å². The van der Waals surface area contributed by atoms with Gasteiger partial charge in [0.05, 0.1) is 78.5 Å². The van der Waals surface area contributed by atoms with Crippen LogP contribution in [0.1, 0.15) is 33.4 Å². The van der Waals surface area contributed by atoms with Crippen LogP contribution in [0.25, 0.3) is 36.5 Å². The maximum Gasteiger partial charge on any atom is 3.00 e. The number of methoxy groups -OCH3 is 6. The molecule has 22 nitrogen and oxygen atoms in total. The number of carboxylic acid groups (broad SMARTS) is 6. The second-order valence-corrected chi connectivity index (χ2v) is 19.0. The molecular weight excluding hydrogens is 1510 g/mol. The van der Waals surface area contributed by atoms with Gasteiger partial charge in [-0.1, -0.05) is 109 Å². The molecule has 6 aromatic rings. The fourth-order valence-corrected chi connectivity index (χ4v) is 5.46. The summed E-state index contributed by atoms with van der Waals surface area (Å²) in [6, 6.07) is 42.5. The van der Waals surface area contributed by atoms with Crippen LogP contribution in [0.5, 0.6) is 34.5 Å². The Balaban J connectivity index is -0.000000227. The molecular formula is C64H72Dy2O22S2+2. The van der Waals surface area contributed by atoms with Crippen molar-refractivity contribution in [3.63, 3.8) is 0 Å². The fourth-order valence-electron chi connectivity index (χ4n) is 5.46. The summed E-state index contributed by atoms with van der Waals surface area (Å²) in [4.78, 5) is 60.6. The standard InChI is InChI=1S/6C10H10O3.2C2H6OS.2Dy.2H2O/c6*1-13-9-4-2-3-8(7-9)5-6-10(11)12;2*1-4(2)3;;;;/h6*2-7H,1H3,(H,11,12);2*1-2H3;;;2*1H2/q;;;;;;;;2*+3;;/p-4/b6*6-5+;;;;;;. The Labute approximate surface area is 589 Å². The Morgan fingerprint density at radius 2 is 0.400 bits per heavy atom. The molecule has 6 rings (SSSR count). The van der Waals surface area contributed by atoms with Gasteiger partial charge in [-0.3, -0.25) is 8.42 Å². The zero-order valence-corrected chi connectivity index (χ0v) is 56.2. The molecule has 0 bridgehead atoms. The van der Waals surface area contributed by atoms with Gasteiger partial charge in [0.25, 0.3) is 0 Å². The maximum atomic E-state index is 10.1. The maximum absolute atomic E-state index is 10.1. The third kappa shape index (κ3) is 56.6. The Morgan fingerprint density at radius 3 is 0.489 bits per heavy atom. The van der Waals surface area contributed by atoms with E-state index in [0.29, 0.717) is 34.5 Å². The summed E-state index contributed by atoms with van der Waals surface area (Å²) in [5.41, 5.74) is 4.60. The van der Waals surface area contributed by atoms with Crippen molar-refractivity contribution in [2.24, 2.45) is 0 Å². The van der Waals surface area contributed by atoms with Gasteiger partial charge in [-0.05, 0) is 143 Å². The average Bonchev–Trinajstić information content (AvgIpc) is 3.68. The first kappa shape index (κ1) is 93.3. The number of ether oxygens (including phenoxy) is 6. The molecule has 0 atom stereocenters. The molecule has 0 saturated carbocycles. The van der Waals surface area contributed by atoms with E-state index in [1.807, 2.05) is 0 Å². The van der Waals surface area contributed by atoms with Crippen molar-refractivity contribution in [3.8, 4) is 34.5 Å². The van der Waals surface area contributed by atoms with E-state index in [1.54, 1.807) is 213 Å². The van der Waals surface area contributed by atoms with Crippen LogP contribution in [-0.4, -0.2) is 112 Å². The number of carboxylic acids is 6. The van der Waals surface area contributed by atoms with E-state index >= 15 is 0 Å². The molecule has 0 aliphatic heterocycles. The van der Waals surface area contributed by atoms with Crippen molar-refractivity contribution < 1.29 is 184 Å². The fraction of sp³-hybridized carbons (Fsp3) is 0.156. The number of hydrogen-bond donors (Lipinski definition) is 0. The minimum Gasteiger partial charge on any atom is -0.545 e. The summed E-state index contributed by atoms with van der Waals surface area (Å²) < 4.78 is 48.9. The SMILES string of the molecule is COc1cccc(/C=C/C(=O)[O-])c1.COc1cccc(/C=C/C(=O)[O-])c1.COc1cccc(/C=C/C(=O)[O-])c1.COc1cccc(/C=C/C(=O)[O-])c1.COc1cccc(/C=C/C(=O)[O-])c1.COc1cccc(/C=C/C(=O)[O-])c1.CS(C)=O.CS(C)=O.[Dy+3].[Dy+3].[OH3+].[OH3+]. The summed E-state index contributed by atoms with van der Waals surface area (Å²) in [7, 11) is 8.12. The van der Waals surface area contributed by atoms with Crippen LogP contribution in [0, 0.1) is 76.3 Å². The van der Waals surface area contributed by atoms with Gasteiger partial charge >= 0.3 is 76.3 Å². The predicted molar refractivity (Wildman–Crippen MR) is 332 cm³/mol. The van der Waals surface area contributed by atoms with Gasteiger partial charge in [0.2, 0.25) is 0 Å². The van der Waals surface area contributed by atoms with E-state index in [9.17, 15) is 67.8 Å². The van der Waals surface area contributed by atoms with Crippen LogP contribution in [0.15, 0.2) is 182 Å². The van der Waals surface area contributed by atoms with E-state index in [4.69, 9.17) is 28.4 Å². The molecule has 0 fully saturated rings. The van der Waals surface area contributed by atoms with Gasteiger partial charge in [-0.15, -0.1) is 0 Å². The van der Waals surface area contributed by atoms with Crippen LogP contribution < -0.4 is 59.1 Å². The van der Waals surface area contributed by atoms with E-state index in [2.05, 4.69) is 0 Å². The number of carbonyl (C=O) groups is 6. The molecule has 490 valence electrons. The van der Waals surface area contributed by atoms with Crippen LogP contribution in [0.4, 0.5) is 0 Å². The number of rotatable bonds is 18. The monoisotopic (exact) mass is 1580 g/mol. The second-order valence-electron chi connectivity index (χ2n) is 16.1. The van der Waals surface area contributed by atoms with Crippen LogP contribution in [0.2, 0.25) is 0 Å². The van der Waals surface area contributed by atoms with E-state index in [1.165, 1.54) is 36.5 Å². The van der Waals surface area contributed by atoms with E-state index in [0.717, 1.165) is 69.8 Å². The number of hydrogen-bond acceptors (Lipinski definition) is 20. The van der Waals surface area contributed by atoms with Crippen molar-refractivity contribution in [3.05, 3.63) is 215 Å². The quantitative estimate of drug-likeness (QED) is 0.0852. The van der Waals surface area contributed by atoms with Crippen LogP contribution in [0.3, 0.4) is 0 Å². The number of benzene rings is 6. The molecule has 90 heavy (non-hydrogen) atoms. The molecule has 0 unspecified atom stereocenters. The first-order chi connectivity index (χ1) is 40.8. The third-order valence-corrected chi connectivity index (χ3v) is 9.03. The summed E-state index contributed by atoms with van der Waals surface area (Å²) in [5.74, 6) is -3.06. The molecule has 2 radical (unpaired) electrons. The number of carbonyl (C=O) groups excluding carboxylic acids is 6. The summed E-state index contributed by atoms with van der Waals surface area (Å²) >= 11 is 0. The molecule has 0 spiro atoms. The minimum atomic E-state index is -1.21. The summed E-state index contributed by atoms with van der Waals surface area (Å²) in [6.07, 6.45) is 21.2. The molecule has 6 aromatic carbocycles. The Hall–Kier alpha value is -7.85. The van der Waals surface area contributed by atoms with Crippen LogP contribution in [-0.2, 0) is 61.3 Å². The van der Waals surface area contributed by atoms with Gasteiger partial charge in [-0.2, -0.15) is 0 Å². The zero-order chi connectivity index (χ0) is 65.2. The van der Waals surface area contributed by atoms with E-state index in [-0.39, 0.29) is 87.3 Å². The molecule has 0 aromatic heterocycles. The second kappa shape index (κ2) is 58.8. The molecule has 0 aliphatic rings. The number of aliphatic carboxylic acids is 6. The van der Waals surface area contributed by atoms with Crippen molar-refractivity contribution in [1.82, 2.24) is 0 Å². The normalized spacial score (nSPS) is 9.64. The van der Waals surface area contributed by atoms with Crippen molar-refractivity contribution in [2.45, 2.75) is 0 Å². The van der Waals surface area contributed by atoms with Gasteiger partial charge in [0.15, 0.2) is 0 Å². The smallest absolute Gasteiger partial charge is 0.545 e. The first-order valence-electron chi connectivity index (χ1n) is 24.5. The zero-order valence-electron chi connectivity index (χ0n) is 50.6. The van der Waals surface area contributed by atoms with E-state index < -0.39 is 57.4 Å². The Kier molecular flexibility index (Phi) is 61.0. The first-order valence-corrected chi connectivity index (χ1v) is 28.4. The average molecular weight is 1580 g/mol. The molecule has 0 aliphatic carbocycles. The molecule has 0 saturated heterocycles. The molecule has 26 heteroatoms. The Bertz CT molecular complexity index is 2720. The van der Waals surface area contributed by atoms with Crippen molar-refractivity contribution in [2.75, 3.05) is 67.7 Å². The Morgan fingerprint density at radius 1 is 0.289 bits per heavy atom. The van der Waals surface area contributed by atoms with Gasteiger partial charge < -0.3 is 98.8 Å². The van der Waals surface area contributed by atoms with Crippen molar-refractivity contribution in [1.29, 1.82) is 0 Å². The van der Waals surface area contributed by atoms with Gasteiger partial charge in [-0.25, -0.2) is 0 Å². The summed E-state index contributed by atoms with van der Waals surface area (Å²) in [6.45, 7) is 0. The van der Waals surface area contributed by atoms with Gasteiger partial charge in [0, 0.05) is 46.6 Å². The topological polar surface area (TPSA) is 396 Å².